The van der Waals surface area contributed by atoms with Gasteiger partial charge in [0.25, 0.3) is 0 Å². The van der Waals surface area contributed by atoms with Gasteiger partial charge in [-0.15, -0.1) is 0 Å². The fourth-order valence-electron chi connectivity index (χ4n) is 2.20. The minimum Gasteiger partial charge on any atom is -0.494 e. The van der Waals surface area contributed by atoms with Crippen LogP contribution in [0.2, 0.25) is 0 Å². The van der Waals surface area contributed by atoms with Crippen molar-refractivity contribution in [3.8, 4) is 28.8 Å². The lowest BCUT2D eigenvalue weighted by Gasteiger charge is -2.06. The normalized spacial score (nSPS) is 12.4. The van der Waals surface area contributed by atoms with Gasteiger partial charge in [0.05, 0.1) is 31.2 Å². The van der Waals surface area contributed by atoms with E-state index in [0.29, 0.717) is 11.3 Å². The summed E-state index contributed by atoms with van der Waals surface area (Å²) in [6.07, 6.45) is 2.50. The molecule has 0 amide bonds. The molecule has 0 aliphatic carbocycles. The molecule has 4 heteroatoms. The van der Waals surface area contributed by atoms with Crippen LogP contribution in [0.25, 0.3) is 11.3 Å². The molecule has 1 aromatic heterocycles. The molecule has 19 heavy (non-hydrogen) atoms. The second-order valence-corrected chi connectivity index (χ2v) is 4.30. The molecule has 94 valence electrons. The summed E-state index contributed by atoms with van der Waals surface area (Å²) in [5, 5.41) is 9.10. The number of nitrogens with zero attached hydrogens (tertiary/aromatic N) is 2. The van der Waals surface area contributed by atoms with E-state index in [1.807, 2.05) is 12.1 Å². The molecular weight excluding hydrogens is 240 g/mol. The van der Waals surface area contributed by atoms with Crippen molar-refractivity contribution in [1.82, 2.24) is 4.98 Å². The summed E-state index contributed by atoms with van der Waals surface area (Å²) in [4.78, 5) is 4.34. The number of methoxy groups -OCH3 is 1. The molecule has 1 aromatic carbocycles. The maximum Gasteiger partial charge on any atom is 0.154 e. The van der Waals surface area contributed by atoms with E-state index in [4.69, 9.17) is 14.7 Å². The number of hydrogen-bond donors (Lipinski definition) is 0. The minimum atomic E-state index is 0.490. The monoisotopic (exact) mass is 252 g/mol. The number of nitriles is 1. The lowest BCUT2D eigenvalue weighted by atomic mass is 10.0. The third-order valence-electron chi connectivity index (χ3n) is 3.19. The van der Waals surface area contributed by atoms with E-state index < -0.39 is 0 Å². The molecule has 0 atom stereocenters. The van der Waals surface area contributed by atoms with Crippen LogP contribution in [0.1, 0.15) is 11.1 Å². The van der Waals surface area contributed by atoms with Gasteiger partial charge in [-0.25, -0.2) is 0 Å². The van der Waals surface area contributed by atoms with Gasteiger partial charge < -0.3 is 9.47 Å². The Hall–Kier alpha value is -2.54. The van der Waals surface area contributed by atoms with Gasteiger partial charge in [-0.1, -0.05) is 0 Å². The van der Waals surface area contributed by atoms with Gasteiger partial charge in [-0.05, 0) is 29.8 Å². The Balaban J connectivity index is 2.05. The van der Waals surface area contributed by atoms with Crippen molar-refractivity contribution in [3.05, 3.63) is 41.6 Å². The standard InChI is InChI=1S/C15H12N2O2/c1-18-15-9-17-13(7-12(15)8-16)10-2-3-14-11(6-10)4-5-19-14/h2-3,6-7,9H,4-5H2,1H3. The van der Waals surface area contributed by atoms with Crippen molar-refractivity contribution in [3.63, 3.8) is 0 Å². The van der Waals surface area contributed by atoms with E-state index in [0.717, 1.165) is 30.0 Å². The summed E-state index contributed by atoms with van der Waals surface area (Å²) in [6.45, 7) is 0.734. The van der Waals surface area contributed by atoms with E-state index in [1.165, 1.54) is 12.7 Å². The van der Waals surface area contributed by atoms with Crippen molar-refractivity contribution >= 4 is 0 Å². The molecule has 0 radical (unpaired) electrons. The van der Waals surface area contributed by atoms with Gasteiger partial charge >= 0.3 is 0 Å². The average molecular weight is 252 g/mol. The van der Waals surface area contributed by atoms with Crippen molar-refractivity contribution in [1.29, 1.82) is 5.26 Å². The fraction of sp³-hybridized carbons (Fsp3) is 0.200. The fourth-order valence-corrected chi connectivity index (χ4v) is 2.20. The molecule has 2 heterocycles. The zero-order valence-corrected chi connectivity index (χ0v) is 10.5. The van der Waals surface area contributed by atoms with Crippen molar-refractivity contribution < 1.29 is 9.47 Å². The minimum absolute atomic E-state index is 0.490. The summed E-state index contributed by atoms with van der Waals surface area (Å²) in [6, 6.07) is 9.85. The highest BCUT2D eigenvalue weighted by molar-refractivity contribution is 5.65. The molecule has 0 saturated carbocycles. The number of rotatable bonds is 2. The predicted octanol–water partition coefficient (Wildman–Crippen LogP) is 2.56. The first kappa shape index (κ1) is 11.5. The number of hydrogen-bond acceptors (Lipinski definition) is 4. The first-order chi connectivity index (χ1) is 9.31. The first-order valence-corrected chi connectivity index (χ1v) is 6.02. The highest BCUT2D eigenvalue weighted by Crippen LogP contribution is 2.31. The quantitative estimate of drug-likeness (QED) is 0.824. The van der Waals surface area contributed by atoms with E-state index in [1.54, 1.807) is 12.3 Å². The highest BCUT2D eigenvalue weighted by atomic mass is 16.5. The summed E-state index contributed by atoms with van der Waals surface area (Å²) < 4.78 is 10.6. The molecule has 0 N–H and O–H groups in total. The van der Waals surface area contributed by atoms with Crippen LogP contribution in [0.3, 0.4) is 0 Å². The van der Waals surface area contributed by atoms with Crippen LogP contribution >= 0.6 is 0 Å². The third-order valence-corrected chi connectivity index (χ3v) is 3.19. The van der Waals surface area contributed by atoms with E-state index in [9.17, 15) is 0 Å². The van der Waals surface area contributed by atoms with Crippen LogP contribution in [0.15, 0.2) is 30.5 Å². The Bertz CT molecular complexity index is 674. The van der Waals surface area contributed by atoms with Crippen LogP contribution in [-0.4, -0.2) is 18.7 Å². The molecule has 0 unspecified atom stereocenters. The number of fused-ring (bicyclic) bond motifs is 1. The molecule has 0 spiro atoms. The van der Waals surface area contributed by atoms with Crippen LogP contribution in [0, 0.1) is 11.3 Å². The maximum atomic E-state index is 9.10. The second-order valence-electron chi connectivity index (χ2n) is 4.30. The van der Waals surface area contributed by atoms with E-state index in [2.05, 4.69) is 17.1 Å². The third kappa shape index (κ3) is 2.00. The van der Waals surface area contributed by atoms with Gasteiger partial charge in [0, 0.05) is 12.0 Å². The SMILES string of the molecule is COc1cnc(-c2ccc3c(c2)CCO3)cc1C#N. The first-order valence-electron chi connectivity index (χ1n) is 6.02. The lowest BCUT2D eigenvalue weighted by molar-refractivity contribution is 0.357. The summed E-state index contributed by atoms with van der Waals surface area (Å²) in [5.41, 5.74) is 3.44. The average Bonchev–Trinajstić information content (AvgIpc) is 2.93. The van der Waals surface area contributed by atoms with Crippen molar-refractivity contribution in [2.45, 2.75) is 6.42 Å². The zero-order valence-electron chi connectivity index (χ0n) is 10.5. The van der Waals surface area contributed by atoms with Gasteiger partial charge in [-0.2, -0.15) is 5.26 Å². The maximum absolute atomic E-state index is 9.10. The molecular formula is C15H12N2O2. The highest BCUT2D eigenvalue weighted by Gasteiger charge is 2.14. The second kappa shape index (κ2) is 4.62. The zero-order chi connectivity index (χ0) is 13.2. The van der Waals surface area contributed by atoms with Crippen LogP contribution in [0.4, 0.5) is 0 Å². The molecule has 4 nitrogen and oxygen atoms in total. The van der Waals surface area contributed by atoms with Gasteiger partial charge in [-0.3, -0.25) is 4.98 Å². The number of benzene rings is 1. The smallest absolute Gasteiger partial charge is 0.154 e. The van der Waals surface area contributed by atoms with Gasteiger partial charge in [0.1, 0.15) is 11.8 Å². The Morgan fingerprint density at radius 3 is 3.05 bits per heavy atom. The van der Waals surface area contributed by atoms with Crippen molar-refractivity contribution in [2.75, 3.05) is 13.7 Å². The Labute approximate surface area is 111 Å². The molecule has 3 rings (SSSR count). The molecule has 1 aliphatic rings. The molecule has 0 bridgehead atoms. The number of aromatic nitrogens is 1. The Morgan fingerprint density at radius 2 is 2.26 bits per heavy atom. The van der Waals surface area contributed by atoms with Gasteiger partial charge in [0.2, 0.25) is 0 Å². The molecule has 2 aromatic rings. The lowest BCUT2D eigenvalue weighted by Crippen LogP contribution is -1.92. The van der Waals surface area contributed by atoms with Crippen LogP contribution in [0.5, 0.6) is 11.5 Å². The predicted molar refractivity (Wildman–Crippen MR) is 70.1 cm³/mol. The molecule has 1 aliphatic heterocycles. The summed E-state index contributed by atoms with van der Waals surface area (Å²) >= 11 is 0. The molecule has 0 saturated heterocycles. The summed E-state index contributed by atoms with van der Waals surface area (Å²) in [7, 11) is 1.53. The summed E-state index contributed by atoms with van der Waals surface area (Å²) in [5.74, 6) is 1.44. The van der Waals surface area contributed by atoms with Gasteiger partial charge in [0.15, 0.2) is 5.75 Å². The van der Waals surface area contributed by atoms with Crippen molar-refractivity contribution in [2.24, 2.45) is 0 Å². The number of ether oxygens (including phenoxy) is 2. The Morgan fingerprint density at radius 1 is 1.37 bits per heavy atom. The molecule has 0 fully saturated rings. The van der Waals surface area contributed by atoms with Crippen LogP contribution < -0.4 is 9.47 Å². The van der Waals surface area contributed by atoms with E-state index in [-0.39, 0.29) is 0 Å². The van der Waals surface area contributed by atoms with Crippen LogP contribution in [-0.2, 0) is 6.42 Å². The topological polar surface area (TPSA) is 55.1 Å². The number of pyridine rings is 1. The Kier molecular flexibility index (Phi) is 2.81. The van der Waals surface area contributed by atoms with E-state index >= 15 is 0 Å². The largest absolute Gasteiger partial charge is 0.494 e.